The molecular weight excluding hydrogens is 1040 g/mol. The SMILES string of the molecule is c1ccc(-c2ccc3c(c2)B2c4cc(-c5ccccc5)ccc4N(c4c(-c5ccccc5)cccc4-c4ccccc4)c4cc(-n5c6ccccc6c6c7ccccc7ccc65)cc(c42)N3c2c(-c3ccccc3)cccc2-c2ccccc2)cc1. The summed E-state index contributed by atoms with van der Waals surface area (Å²) in [6.45, 7) is -0.214. The average molecular weight is 1090 g/mol. The zero-order chi connectivity index (χ0) is 56.7. The number of rotatable bonds is 9. The number of hydrogen-bond donors (Lipinski definition) is 0. The first-order chi connectivity index (χ1) is 42.7. The van der Waals surface area contributed by atoms with E-state index in [1.807, 2.05) is 0 Å². The van der Waals surface area contributed by atoms with Gasteiger partial charge in [0.15, 0.2) is 0 Å². The molecule has 3 heterocycles. The first kappa shape index (κ1) is 49.4. The Hall–Kier alpha value is -11.2. The van der Waals surface area contributed by atoms with Gasteiger partial charge in [-0.3, -0.25) is 0 Å². The van der Waals surface area contributed by atoms with E-state index in [9.17, 15) is 0 Å². The summed E-state index contributed by atoms with van der Waals surface area (Å²) in [6, 6.07) is 122. The highest BCUT2D eigenvalue weighted by Gasteiger charge is 2.46. The van der Waals surface area contributed by atoms with E-state index in [4.69, 9.17) is 0 Å². The van der Waals surface area contributed by atoms with Crippen LogP contribution in [0.15, 0.2) is 328 Å². The molecule has 15 aromatic rings. The predicted octanol–water partition coefficient (Wildman–Crippen LogP) is 20.0. The Morgan fingerprint density at radius 1 is 0.244 bits per heavy atom. The van der Waals surface area contributed by atoms with Crippen molar-refractivity contribution in [2.24, 2.45) is 0 Å². The molecule has 14 aromatic carbocycles. The van der Waals surface area contributed by atoms with Crippen LogP contribution in [0, 0.1) is 0 Å². The van der Waals surface area contributed by atoms with E-state index in [1.54, 1.807) is 0 Å². The van der Waals surface area contributed by atoms with Gasteiger partial charge >= 0.3 is 0 Å². The number of nitrogens with zero attached hydrogens (tertiary/aromatic N) is 3. The number of fused-ring (bicyclic) bond motifs is 9. The molecule has 0 aliphatic carbocycles. The summed E-state index contributed by atoms with van der Waals surface area (Å²) >= 11 is 0. The van der Waals surface area contributed by atoms with E-state index in [0.29, 0.717) is 0 Å². The van der Waals surface area contributed by atoms with Gasteiger partial charge in [0.2, 0.25) is 0 Å². The molecule has 1 aromatic heterocycles. The fourth-order valence-corrected chi connectivity index (χ4v) is 14.2. The minimum Gasteiger partial charge on any atom is -0.310 e. The third-order valence-electron chi connectivity index (χ3n) is 17.9. The molecule has 0 radical (unpaired) electrons. The summed E-state index contributed by atoms with van der Waals surface area (Å²) in [5.41, 5.74) is 27.7. The van der Waals surface area contributed by atoms with Gasteiger partial charge in [-0.1, -0.05) is 291 Å². The molecule has 0 saturated carbocycles. The molecule has 2 aliphatic heterocycles. The monoisotopic (exact) mass is 1090 g/mol. The van der Waals surface area contributed by atoms with Crippen molar-refractivity contribution in [1.29, 1.82) is 0 Å². The first-order valence-corrected chi connectivity index (χ1v) is 29.8. The number of para-hydroxylation sites is 3. The van der Waals surface area contributed by atoms with E-state index in [1.165, 1.54) is 60.2 Å². The molecule has 0 saturated heterocycles. The summed E-state index contributed by atoms with van der Waals surface area (Å²) < 4.78 is 2.55. The Kier molecular flexibility index (Phi) is 11.7. The van der Waals surface area contributed by atoms with Crippen LogP contribution >= 0.6 is 0 Å². The van der Waals surface area contributed by atoms with Gasteiger partial charge in [-0.25, -0.2) is 0 Å². The Morgan fingerprint density at radius 2 is 0.628 bits per heavy atom. The molecule has 0 fully saturated rings. The average Bonchev–Trinajstić information content (AvgIpc) is 0.896. The molecule has 4 heteroatoms. The molecule has 0 unspecified atom stereocenters. The maximum Gasteiger partial charge on any atom is 0.252 e. The third kappa shape index (κ3) is 7.91. The van der Waals surface area contributed by atoms with Crippen molar-refractivity contribution >= 4 is 89.8 Å². The van der Waals surface area contributed by atoms with E-state index in [0.717, 1.165) is 95.4 Å². The minimum atomic E-state index is -0.214. The smallest absolute Gasteiger partial charge is 0.252 e. The number of hydrogen-bond acceptors (Lipinski definition) is 2. The maximum atomic E-state index is 2.66. The zero-order valence-electron chi connectivity index (χ0n) is 47.1. The Balaban J connectivity index is 1.08. The summed E-state index contributed by atoms with van der Waals surface area (Å²) in [5.74, 6) is 0. The van der Waals surface area contributed by atoms with Gasteiger partial charge in [0.1, 0.15) is 0 Å². The number of aromatic nitrogens is 1. The predicted molar refractivity (Wildman–Crippen MR) is 365 cm³/mol. The fraction of sp³-hybridized carbons (Fsp3) is 0. The molecule has 2 aliphatic rings. The van der Waals surface area contributed by atoms with Gasteiger partial charge in [-0.2, -0.15) is 0 Å². The van der Waals surface area contributed by atoms with Crippen LogP contribution in [0.2, 0.25) is 0 Å². The molecule has 400 valence electrons. The molecule has 0 bridgehead atoms. The van der Waals surface area contributed by atoms with Crippen LogP contribution in [0.3, 0.4) is 0 Å². The van der Waals surface area contributed by atoms with Crippen molar-refractivity contribution in [3.05, 3.63) is 328 Å². The van der Waals surface area contributed by atoms with Crippen LogP contribution in [0.25, 0.3) is 105 Å². The van der Waals surface area contributed by atoms with Crippen LogP contribution < -0.4 is 26.2 Å². The van der Waals surface area contributed by atoms with Crippen molar-refractivity contribution < 1.29 is 0 Å². The van der Waals surface area contributed by atoms with Crippen molar-refractivity contribution in [3.8, 4) is 72.4 Å². The van der Waals surface area contributed by atoms with E-state index in [-0.39, 0.29) is 6.71 Å². The molecule has 0 N–H and O–H groups in total. The number of anilines is 6. The summed E-state index contributed by atoms with van der Waals surface area (Å²) in [6.07, 6.45) is 0. The van der Waals surface area contributed by atoms with Crippen molar-refractivity contribution in [2.45, 2.75) is 0 Å². The minimum absolute atomic E-state index is 0.214. The second-order valence-electron chi connectivity index (χ2n) is 22.7. The summed E-state index contributed by atoms with van der Waals surface area (Å²) in [5, 5.41) is 4.92. The van der Waals surface area contributed by atoms with Crippen LogP contribution in [-0.4, -0.2) is 11.3 Å². The molecule has 3 nitrogen and oxygen atoms in total. The highest BCUT2D eigenvalue weighted by molar-refractivity contribution is 7.00. The Labute approximate surface area is 501 Å². The van der Waals surface area contributed by atoms with Crippen LogP contribution in [-0.2, 0) is 0 Å². The van der Waals surface area contributed by atoms with Crippen LogP contribution in [0.5, 0.6) is 0 Å². The van der Waals surface area contributed by atoms with Crippen LogP contribution in [0.4, 0.5) is 34.1 Å². The fourth-order valence-electron chi connectivity index (χ4n) is 14.2. The lowest BCUT2D eigenvalue weighted by Gasteiger charge is -2.46. The highest BCUT2D eigenvalue weighted by atomic mass is 15.2. The Bertz CT molecular complexity index is 4740. The van der Waals surface area contributed by atoms with Gasteiger partial charge < -0.3 is 14.4 Å². The van der Waals surface area contributed by atoms with Gasteiger partial charge in [0, 0.05) is 55.8 Å². The lowest BCUT2D eigenvalue weighted by Crippen LogP contribution is -2.61. The third-order valence-corrected chi connectivity index (χ3v) is 17.9. The normalized spacial score (nSPS) is 12.3. The highest BCUT2D eigenvalue weighted by Crippen LogP contribution is 2.54. The van der Waals surface area contributed by atoms with Crippen molar-refractivity contribution in [3.63, 3.8) is 0 Å². The molecular formula is C82H54BN3. The zero-order valence-corrected chi connectivity index (χ0v) is 47.1. The van der Waals surface area contributed by atoms with Gasteiger partial charge in [-0.05, 0) is 108 Å². The molecule has 17 rings (SSSR count). The molecule has 0 atom stereocenters. The first-order valence-electron chi connectivity index (χ1n) is 29.8. The standard InChI is InChI=1S/C82H54BN3/c1-7-25-55(26-8-1)62-46-48-74-71(51-62)83-72-52-63(56-27-9-2-10-28-56)47-49-75(72)86(82-68(59-33-15-5-16-34-59)42-24-43-69(82)60-35-17-6-18-36-60)78-54-64(84-73-44-22-21-39-70(73)79-65-38-20-19-37-61(65)45-50-76(79)84)53-77(80(78)83)85(74)81-66(57-29-11-3-12-30-57)40-23-41-67(81)58-31-13-4-14-32-58/h1-54H. The van der Waals surface area contributed by atoms with Crippen molar-refractivity contribution in [2.75, 3.05) is 9.80 Å². The second-order valence-corrected chi connectivity index (χ2v) is 22.7. The summed E-state index contributed by atoms with van der Waals surface area (Å²) in [4.78, 5) is 5.31. The van der Waals surface area contributed by atoms with Gasteiger partial charge in [-0.15, -0.1) is 0 Å². The van der Waals surface area contributed by atoms with E-state index < -0.39 is 0 Å². The Morgan fingerprint density at radius 3 is 1.07 bits per heavy atom. The van der Waals surface area contributed by atoms with E-state index in [2.05, 4.69) is 342 Å². The molecule has 86 heavy (non-hydrogen) atoms. The maximum absolute atomic E-state index is 2.66. The van der Waals surface area contributed by atoms with Gasteiger partial charge in [0.25, 0.3) is 6.71 Å². The largest absolute Gasteiger partial charge is 0.310 e. The van der Waals surface area contributed by atoms with Crippen molar-refractivity contribution in [1.82, 2.24) is 4.57 Å². The topological polar surface area (TPSA) is 11.4 Å². The molecule has 0 amide bonds. The van der Waals surface area contributed by atoms with Crippen LogP contribution in [0.1, 0.15) is 0 Å². The summed E-state index contributed by atoms with van der Waals surface area (Å²) in [7, 11) is 0. The van der Waals surface area contributed by atoms with E-state index >= 15 is 0 Å². The quantitative estimate of drug-likeness (QED) is 0.133. The second kappa shape index (κ2) is 20.3. The van der Waals surface area contributed by atoms with Gasteiger partial charge in [0.05, 0.1) is 28.1 Å². The lowest BCUT2D eigenvalue weighted by atomic mass is 9.33. The lowest BCUT2D eigenvalue weighted by molar-refractivity contribution is 1.16. The number of benzene rings is 14. The molecule has 0 spiro atoms.